The van der Waals surface area contributed by atoms with E-state index in [0.717, 1.165) is 30.0 Å². The molecule has 1 amide bonds. The lowest BCUT2D eigenvalue weighted by molar-refractivity contribution is 0.0790. The number of imidazole rings is 1. The number of aromatic nitrogens is 3. The molecule has 4 rings (SSSR count). The second-order valence-electron chi connectivity index (χ2n) is 6.87. The third-order valence-electron chi connectivity index (χ3n) is 5.32. The van der Waals surface area contributed by atoms with Gasteiger partial charge in [0.05, 0.1) is 14.2 Å². The van der Waals surface area contributed by atoms with Crippen molar-refractivity contribution in [2.24, 2.45) is 0 Å². The number of benzene rings is 1. The number of rotatable bonds is 5. The van der Waals surface area contributed by atoms with E-state index in [2.05, 4.69) is 16.5 Å². The van der Waals surface area contributed by atoms with Gasteiger partial charge in [-0.15, -0.1) is 0 Å². The largest absolute Gasteiger partial charge is 0.493 e. The molecule has 0 aliphatic carbocycles. The van der Waals surface area contributed by atoms with Crippen molar-refractivity contribution in [1.82, 2.24) is 19.4 Å². The maximum Gasteiger partial charge on any atom is 0.254 e. The lowest BCUT2D eigenvalue weighted by Gasteiger charge is -2.18. The van der Waals surface area contributed by atoms with E-state index in [4.69, 9.17) is 14.5 Å². The minimum Gasteiger partial charge on any atom is -0.493 e. The van der Waals surface area contributed by atoms with Crippen LogP contribution in [0.25, 0.3) is 11.2 Å². The quantitative estimate of drug-likeness (QED) is 0.680. The smallest absolute Gasteiger partial charge is 0.254 e. The Morgan fingerprint density at radius 1 is 1.21 bits per heavy atom. The summed E-state index contributed by atoms with van der Waals surface area (Å²) in [6.07, 6.45) is 2.68. The average Bonchev–Trinajstić information content (AvgIpc) is 3.37. The van der Waals surface area contributed by atoms with Gasteiger partial charge in [-0.25, -0.2) is 9.97 Å². The van der Waals surface area contributed by atoms with Crippen LogP contribution in [0.1, 0.15) is 35.4 Å². The minimum absolute atomic E-state index is 0.000683. The predicted molar refractivity (Wildman–Crippen MR) is 106 cm³/mol. The molecule has 1 unspecified atom stereocenters. The maximum atomic E-state index is 13.0. The Bertz CT molecular complexity index is 1010. The minimum atomic E-state index is 0.000683. The summed E-state index contributed by atoms with van der Waals surface area (Å²) in [5.41, 5.74) is 2.41. The van der Waals surface area contributed by atoms with Crippen molar-refractivity contribution >= 4 is 17.1 Å². The van der Waals surface area contributed by atoms with Crippen LogP contribution in [0.4, 0.5) is 0 Å². The molecule has 0 spiro atoms. The first kappa shape index (κ1) is 18.3. The van der Waals surface area contributed by atoms with E-state index in [0.29, 0.717) is 30.2 Å². The summed E-state index contributed by atoms with van der Waals surface area (Å²) in [5.74, 6) is 2.39. The number of aryl methyl sites for hydroxylation is 1. The number of nitrogens with zero attached hydrogens (tertiary/aromatic N) is 4. The number of likely N-dealkylation sites (tertiary alicyclic amines) is 1. The van der Waals surface area contributed by atoms with E-state index >= 15 is 0 Å². The summed E-state index contributed by atoms with van der Waals surface area (Å²) < 4.78 is 12.7. The Balaban J connectivity index is 1.57. The molecule has 1 aliphatic heterocycles. The fourth-order valence-corrected chi connectivity index (χ4v) is 3.91. The second-order valence-corrected chi connectivity index (χ2v) is 6.87. The first-order chi connectivity index (χ1) is 13.7. The summed E-state index contributed by atoms with van der Waals surface area (Å²) >= 11 is 0. The van der Waals surface area contributed by atoms with Crippen LogP contribution in [0.15, 0.2) is 36.5 Å². The van der Waals surface area contributed by atoms with Crippen LogP contribution in [-0.2, 0) is 6.54 Å². The summed E-state index contributed by atoms with van der Waals surface area (Å²) in [4.78, 5) is 24.2. The van der Waals surface area contributed by atoms with E-state index < -0.39 is 0 Å². The molecule has 0 bridgehead atoms. The van der Waals surface area contributed by atoms with E-state index in [-0.39, 0.29) is 11.8 Å². The van der Waals surface area contributed by atoms with Gasteiger partial charge in [-0.05, 0) is 43.7 Å². The monoisotopic (exact) mass is 380 g/mol. The molecular weight excluding hydrogens is 356 g/mol. The van der Waals surface area contributed by atoms with Gasteiger partial charge in [-0.2, -0.15) is 0 Å². The van der Waals surface area contributed by atoms with Gasteiger partial charge < -0.3 is 18.9 Å². The predicted octanol–water partition coefficient (Wildman–Crippen LogP) is 3.10. The molecule has 0 radical (unpaired) electrons. The molecule has 0 saturated carbocycles. The number of hydrogen-bond acceptors (Lipinski definition) is 5. The van der Waals surface area contributed by atoms with E-state index in [1.54, 1.807) is 38.6 Å². The molecule has 28 heavy (non-hydrogen) atoms. The molecule has 146 valence electrons. The SMILES string of the molecule is CCn1c(C2CCN(C(=O)c3ccc(OC)c(OC)c3)C2)nc2cccnc21. The van der Waals surface area contributed by atoms with Gasteiger partial charge >= 0.3 is 0 Å². The lowest BCUT2D eigenvalue weighted by atomic mass is 10.1. The Kier molecular flexibility index (Phi) is 4.90. The third kappa shape index (κ3) is 3.06. The molecular formula is C21H24N4O3. The van der Waals surface area contributed by atoms with Gasteiger partial charge in [0.2, 0.25) is 0 Å². The first-order valence-corrected chi connectivity index (χ1v) is 9.48. The molecule has 1 saturated heterocycles. The third-order valence-corrected chi connectivity index (χ3v) is 5.32. The van der Waals surface area contributed by atoms with E-state index in [9.17, 15) is 4.79 Å². The number of pyridine rings is 1. The summed E-state index contributed by atoms with van der Waals surface area (Å²) in [6, 6.07) is 9.17. The van der Waals surface area contributed by atoms with Crippen LogP contribution >= 0.6 is 0 Å². The number of carbonyl (C=O) groups is 1. The molecule has 1 aliphatic rings. The number of methoxy groups -OCH3 is 2. The Morgan fingerprint density at radius 2 is 2.04 bits per heavy atom. The van der Waals surface area contributed by atoms with Crippen LogP contribution in [0, 0.1) is 0 Å². The summed E-state index contributed by atoms with van der Waals surface area (Å²) in [5, 5.41) is 0. The average molecular weight is 380 g/mol. The number of fused-ring (bicyclic) bond motifs is 1. The number of ether oxygens (including phenoxy) is 2. The number of hydrogen-bond donors (Lipinski definition) is 0. The van der Waals surface area contributed by atoms with Crippen molar-refractivity contribution in [1.29, 1.82) is 0 Å². The van der Waals surface area contributed by atoms with E-state index in [1.165, 1.54) is 0 Å². The van der Waals surface area contributed by atoms with Crippen LogP contribution in [-0.4, -0.2) is 52.7 Å². The molecule has 2 aromatic heterocycles. The van der Waals surface area contributed by atoms with Crippen molar-refractivity contribution in [3.8, 4) is 11.5 Å². The molecule has 1 atom stereocenters. The van der Waals surface area contributed by atoms with Crippen molar-refractivity contribution in [2.75, 3.05) is 27.3 Å². The Hall–Kier alpha value is -3.09. The van der Waals surface area contributed by atoms with Gasteiger partial charge in [0.15, 0.2) is 17.1 Å². The fourth-order valence-electron chi connectivity index (χ4n) is 3.91. The highest BCUT2D eigenvalue weighted by Gasteiger charge is 2.31. The Labute approximate surface area is 163 Å². The van der Waals surface area contributed by atoms with Crippen LogP contribution in [0.3, 0.4) is 0 Å². The van der Waals surface area contributed by atoms with Crippen molar-refractivity contribution in [2.45, 2.75) is 25.8 Å². The molecule has 7 heteroatoms. The van der Waals surface area contributed by atoms with Gasteiger partial charge in [-0.1, -0.05) is 0 Å². The number of carbonyl (C=O) groups excluding carboxylic acids is 1. The van der Waals surface area contributed by atoms with Crippen molar-refractivity contribution in [3.63, 3.8) is 0 Å². The van der Waals surface area contributed by atoms with Gasteiger partial charge in [0.25, 0.3) is 5.91 Å². The highest BCUT2D eigenvalue weighted by Crippen LogP contribution is 2.32. The summed E-state index contributed by atoms with van der Waals surface area (Å²) in [6.45, 7) is 4.26. The van der Waals surface area contributed by atoms with Gasteiger partial charge in [0, 0.05) is 37.3 Å². The normalized spacial score (nSPS) is 16.5. The lowest BCUT2D eigenvalue weighted by Crippen LogP contribution is -2.28. The van der Waals surface area contributed by atoms with Crippen LogP contribution < -0.4 is 9.47 Å². The highest BCUT2D eigenvalue weighted by atomic mass is 16.5. The molecule has 1 aromatic carbocycles. The van der Waals surface area contributed by atoms with Gasteiger partial charge in [-0.3, -0.25) is 4.79 Å². The molecule has 1 fully saturated rings. The molecule has 7 nitrogen and oxygen atoms in total. The molecule has 3 heterocycles. The zero-order chi connectivity index (χ0) is 19.7. The number of amides is 1. The van der Waals surface area contributed by atoms with Gasteiger partial charge in [0.1, 0.15) is 11.3 Å². The highest BCUT2D eigenvalue weighted by molar-refractivity contribution is 5.95. The molecule has 3 aromatic rings. The standard InChI is InChI=1S/C21H24N4O3/c1-4-25-19(23-16-6-5-10-22-20(16)25)15-9-11-24(13-15)21(26)14-7-8-17(27-2)18(12-14)28-3/h5-8,10,12,15H,4,9,11,13H2,1-3H3. The van der Waals surface area contributed by atoms with Crippen LogP contribution in [0.5, 0.6) is 11.5 Å². The van der Waals surface area contributed by atoms with Crippen molar-refractivity contribution in [3.05, 3.63) is 47.9 Å². The van der Waals surface area contributed by atoms with Crippen molar-refractivity contribution < 1.29 is 14.3 Å². The summed E-state index contributed by atoms with van der Waals surface area (Å²) in [7, 11) is 3.15. The maximum absolute atomic E-state index is 13.0. The zero-order valence-electron chi connectivity index (χ0n) is 16.4. The molecule has 0 N–H and O–H groups in total. The topological polar surface area (TPSA) is 69.5 Å². The fraction of sp³-hybridized carbons (Fsp3) is 0.381. The zero-order valence-corrected chi connectivity index (χ0v) is 16.4. The van der Waals surface area contributed by atoms with E-state index in [1.807, 2.05) is 17.0 Å². The first-order valence-electron chi connectivity index (χ1n) is 9.48. The second kappa shape index (κ2) is 7.50. The Morgan fingerprint density at radius 3 is 2.79 bits per heavy atom. The van der Waals surface area contributed by atoms with Crippen LogP contribution in [0.2, 0.25) is 0 Å².